The quantitative estimate of drug-likeness (QED) is 0.370. The van der Waals surface area contributed by atoms with E-state index in [1.165, 1.54) is 0 Å². The smallest absolute Gasteiger partial charge is 1.00 e. The predicted molar refractivity (Wildman–Crippen MR) is 96.7 cm³/mol. The molecule has 0 spiro atoms. The molecule has 0 aromatic heterocycles. The van der Waals surface area contributed by atoms with Crippen molar-refractivity contribution in [1.82, 2.24) is 0 Å². The molecule has 0 aromatic carbocycles. The Morgan fingerprint density at radius 2 is 1.26 bits per heavy atom. The fourth-order valence-corrected chi connectivity index (χ4v) is 3.11. The van der Waals surface area contributed by atoms with Gasteiger partial charge in [0.1, 0.15) is 0 Å². The number of halogens is 1. The van der Waals surface area contributed by atoms with Crippen LogP contribution in [-0.2, 0) is 13.6 Å². The van der Waals surface area contributed by atoms with Crippen LogP contribution in [-0.4, -0.2) is 18.1 Å². The van der Waals surface area contributed by atoms with E-state index in [2.05, 4.69) is 27.7 Å². The number of phosphoric ester groups is 1. The molecule has 0 rings (SSSR count). The average Bonchev–Trinajstić information content (AvgIpc) is 2.47. The maximum atomic E-state index is 11.9. The molecule has 0 aromatic rings. The van der Waals surface area contributed by atoms with E-state index in [1.807, 2.05) is 0 Å². The summed E-state index contributed by atoms with van der Waals surface area (Å²) < 4.78 is 22.2. The molecule has 0 heterocycles. The molecule has 0 bridgehead atoms. The number of rotatable bonds is 14. The Kier molecular flexibility index (Phi) is 23.1. The molecule has 23 heavy (non-hydrogen) atoms. The van der Waals surface area contributed by atoms with Crippen molar-refractivity contribution >= 4 is 20.2 Å². The Morgan fingerprint density at radius 3 is 1.52 bits per heavy atom. The van der Waals surface area contributed by atoms with Crippen molar-refractivity contribution in [2.75, 3.05) is 13.2 Å². The molecule has 138 valence electrons. The summed E-state index contributed by atoms with van der Waals surface area (Å²) in [5, 5.41) is 0. The van der Waals surface area contributed by atoms with Crippen LogP contribution in [0, 0.1) is 11.8 Å². The summed E-state index contributed by atoms with van der Waals surface area (Å²) in [4.78, 5) is 9.77. The fourth-order valence-electron chi connectivity index (χ4n) is 2.23. The van der Waals surface area contributed by atoms with Crippen molar-refractivity contribution in [1.29, 1.82) is 0 Å². The third-order valence-electron chi connectivity index (χ3n) is 4.03. The zero-order valence-electron chi connectivity index (χ0n) is 16.8. The fraction of sp³-hybridized carbons (Fsp3) is 1.00. The monoisotopic (exact) mass is 382 g/mol. The number of hydrogen-bond acceptors (Lipinski definition) is 3. The van der Waals surface area contributed by atoms with E-state index in [1.54, 1.807) is 0 Å². The van der Waals surface area contributed by atoms with Crippen LogP contribution in [0.5, 0.6) is 0 Å². The first-order chi connectivity index (χ1) is 9.99. The summed E-state index contributed by atoms with van der Waals surface area (Å²) >= 11 is 0. The molecule has 0 aliphatic carbocycles. The molecule has 2 unspecified atom stereocenters. The van der Waals surface area contributed by atoms with E-state index in [0.717, 1.165) is 51.4 Å². The summed E-state index contributed by atoms with van der Waals surface area (Å²) in [6.07, 6.45) is 8.56. The van der Waals surface area contributed by atoms with Gasteiger partial charge in [-0.1, -0.05) is 66.2 Å². The largest absolute Gasteiger partial charge is 1.00 e. The van der Waals surface area contributed by atoms with Crippen LogP contribution in [0.4, 0.5) is 0 Å². The third kappa shape index (κ3) is 16.6. The zero-order chi connectivity index (χ0) is 16.1. The van der Waals surface area contributed by atoms with Gasteiger partial charge in [0.2, 0.25) is 0 Å². The minimum absolute atomic E-state index is 0. The molecule has 1 N–H and O–H groups in total. The average molecular weight is 383 g/mol. The van der Waals surface area contributed by atoms with Gasteiger partial charge < -0.3 is 6.32 Å². The van der Waals surface area contributed by atoms with Gasteiger partial charge in [0.05, 0.1) is 13.2 Å². The molecular weight excluding hydrogens is 346 g/mol. The van der Waals surface area contributed by atoms with Gasteiger partial charge in [-0.2, -0.15) is 0 Å². The zero-order valence-corrected chi connectivity index (χ0v) is 19.5. The first-order valence-corrected chi connectivity index (χ1v) is 10.1. The predicted octanol–water partition coefficient (Wildman–Crippen LogP) is 3.09. The van der Waals surface area contributed by atoms with Crippen LogP contribution in [0.25, 0.3) is 0 Å². The third-order valence-corrected chi connectivity index (χ3v) is 4.98. The van der Waals surface area contributed by atoms with E-state index in [9.17, 15) is 9.46 Å². The number of phosphoric acid groups is 1. The van der Waals surface area contributed by atoms with E-state index in [-0.39, 0.29) is 43.4 Å². The normalized spacial score (nSPS) is 15.9. The summed E-state index contributed by atoms with van der Waals surface area (Å²) in [5.74, 6) is 0.687. The molecule has 0 aliphatic heterocycles. The van der Waals surface area contributed by atoms with Gasteiger partial charge in [0, 0.05) is 0 Å². The van der Waals surface area contributed by atoms with E-state index < -0.39 is 7.82 Å². The van der Waals surface area contributed by atoms with Crippen molar-refractivity contribution in [2.45, 2.75) is 79.1 Å². The second kappa shape index (κ2) is 18.2. The number of hydrogen-bond donors (Lipinski definition) is 1. The SMILES string of the molecule is CCCCC(CC)COP(=O)(O)OCC(CC)CCCC.Cl.[H-].[Na+]. The molecule has 7 heteroatoms. The summed E-state index contributed by atoms with van der Waals surface area (Å²) in [6, 6.07) is 0. The summed E-state index contributed by atoms with van der Waals surface area (Å²) in [6.45, 7) is 9.10. The van der Waals surface area contributed by atoms with Gasteiger partial charge in [-0.3, -0.25) is 9.05 Å². The Bertz CT molecular complexity index is 277. The Balaban J connectivity index is -0.000000667. The van der Waals surface area contributed by atoms with Gasteiger partial charge in [-0.25, -0.2) is 4.57 Å². The van der Waals surface area contributed by atoms with Crippen LogP contribution in [0.2, 0.25) is 0 Å². The van der Waals surface area contributed by atoms with Crippen molar-refractivity contribution in [3.63, 3.8) is 0 Å². The van der Waals surface area contributed by atoms with Crippen LogP contribution in [0.1, 0.15) is 80.5 Å². The molecule has 0 aliphatic rings. The maximum Gasteiger partial charge on any atom is 1.00 e. The molecule has 0 radical (unpaired) electrons. The molecule has 0 saturated carbocycles. The number of unbranched alkanes of at least 4 members (excludes halogenated alkanes) is 2. The minimum atomic E-state index is -3.89. The van der Waals surface area contributed by atoms with Crippen molar-refractivity contribution < 1.29 is 49.5 Å². The van der Waals surface area contributed by atoms with Crippen LogP contribution < -0.4 is 29.6 Å². The Hall–Kier alpha value is 1.40. The van der Waals surface area contributed by atoms with Crippen LogP contribution in [0.3, 0.4) is 0 Å². The van der Waals surface area contributed by atoms with Crippen molar-refractivity contribution in [3.8, 4) is 0 Å². The first kappa shape index (κ1) is 29.2. The van der Waals surface area contributed by atoms with E-state index >= 15 is 0 Å². The van der Waals surface area contributed by atoms with Crippen molar-refractivity contribution in [2.24, 2.45) is 11.8 Å². The molecule has 0 fully saturated rings. The van der Waals surface area contributed by atoms with Crippen molar-refractivity contribution in [3.05, 3.63) is 0 Å². The molecule has 0 saturated heterocycles. The van der Waals surface area contributed by atoms with E-state index in [0.29, 0.717) is 25.0 Å². The molecule has 4 nitrogen and oxygen atoms in total. The minimum Gasteiger partial charge on any atom is -1.00 e. The maximum absolute atomic E-state index is 11.9. The van der Waals surface area contributed by atoms with Gasteiger partial charge >= 0.3 is 37.4 Å². The Labute approximate surface area is 173 Å². The molecule has 2 atom stereocenters. The van der Waals surface area contributed by atoms with E-state index in [4.69, 9.17) is 9.05 Å². The topological polar surface area (TPSA) is 55.8 Å². The second-order valence-electron chi connectivity index (χ2n) is 5.89. The first-order valence-electron chi connectivity index (χ1n) is 8.60. The van der Waals surface area contributed by atoms with Gasteiger partial charge in [-0.15, -0.1) is 12.4 Å². The summed E-state index contributed by atoms with van der Waals surface area (Å²) in [5.41, 5.74) is 0. The second-order valence-corrected chi connectivity index (χ2v) is 7.35. The van der Waals surface area contributed by atoms with Gasteiger partial charge in [0.25, 0.3) is 0 Å². The van der Waals surface area contributed by atoms with Gasteiger partial charge in [-0.05, 0) is 24.7 Å². The van der Waals surface area contributed by atoms with Crippen LogP contribution >= 0.6 is 20.2 Å². The molecule has 0 amide bonds. The van der Waals surface area contributed by atoms with Gasteiger partial charge in [0.15, 0.2) is 0 Å². The standard InChI is InChI=1S/C16H35O4P.ClH.Na.H/c1-5-9-11-15(7-3)13-19-21(17,18)20-14-16(8-4)12-10-6-2;;;/h15-16H,5-14H2,1-4H3,(H,17,18);1H;;/q;;+1;-1. The summed E-state index contributed by atoms with van der Waals surface area (Å²) in [7, 11) is -3.89. The molecular formula is C16H37ClNaO4P. The van der Waals surface area contributed by atoms with Crippen LogP contribution in [0.15, 0.2) is 0 Å². The Morgan fingerprint density at radius 1 is 0.913 bits per heavy atom.